The lowest BCUT2D eigenvalue weighted by Crippen LogP contribution is -2.42. The highest BCUT2D eigenvalue weighted by molar-refractivity contribution is 7.99. The van der Waals surface area contributed by atoms with Gasteiger partial charge in [-0.15, -0.1) is 0 Å². The monoisotopic (exact) mass is 383 g/mol. The van der Waals surface area contributed by atoms with Crippen LogP contribution < -0.4 is 10.9 Å². The Morgan fingerprint density at radius 3 is 2.63 bits per heavy atom. The first-order chi connectivity index (χ1) is 13.0. The van der Waals surface area contributed by atoms with Gasteiger partial charge in [0.25, 0.3) is 0 Å². The van der Waals surface area contributed by atoms with E-state index in [0.717, 1.165) is 33.5 Å². The molecule has 3 aromatic rings. The Kier molecular flexibility index (Phi) is 5.81. The predicted molar refractivity (Wildman–Crippen MR) is 106 cm³/mol. The van der Waals surface area contributed by atoms with Crippen molar-refractivity contribution in [2.45, 2.75) is 32.2 Å². The van der Waals surface area contributed by atoms with Gasteiger partial charge < -0.3 is 4.42 Å². The van der Waals surface area contributed by atoms with Crippen LogP contribution in [0.15, 0.2) is 46.0 Å². The van der Waals surface area contributed by atoms with Crippen molar-refractivity contribution in [2.24, 2.45) is 0 Å². The molecule has 0 bridgehead atoms. The summed E-state index contributed by atoms with van der Waals surface area (Å²) in [7, 11) is 0. The quantitative estimate of drug-likeness (QED) is 0.520. The average Bonchev–Trinajstić information content (AvgIpc) is 3.21. The van der Waals surface area contributed by atoms with E-state index in [-0.39, 0.29) is 17.4 Å². The lowest BCUT2D eigenvalue weighted by molar-refractivity contribution is -0.119. The number of rotatable bonds is 5. The highest BCUT2D eigenvalue weighted by atomic mass is 32.2. The number of nitrogens with zero attached hydrogens (tertiary/aromatic N) is 1. The van der Waals surface area contributed by atoms with Crippen LogP contribution in [0.1, 0.15) is 34.2 Å². The average molecular weight is 383 g/mol. The van der Waals surface area contributed by atoms with Gasteiger partial charge in [0.05, 0.1) is 17.5 Å². The fraction of sp³-hybridized carbons (Fsp3) is 0.250. The number of aryl methyl sites for hydroxylation is 3. The van der Waals surface area contributed by atoms with Gasteiger partial charge in [-0.1, -0.05) is 30.8 Å². The summed E-state index contributed by atoms with van der Waals surface area (Å²) in [6.45, 7) is 6.18. The van der Waals surface area contributed by atoms with Crippen LogP contribution in [0.2, 0.25) is 0 Å². The molecular formula is C20H21N3O3S. The van der Waals surface area contributed by atoms with Crippen molar-refractivity contribution in [1.82, 2.24) is 15.8 Å². The van der Waals surface area contributed by atoms with Gasteiger partial charge in [-0.25, -0.2) is 4.98 Å². The first-order valence-electron chi connectivity index (χ1n) is 8.65. The summed E-state index contributed by atoms with van der Waals surface area (Å²) in [4.78, 5) is 28.6. The van der Waals surface area contributed by atoms with Crippen molar-refractivity contribution >= 4 is 34.5 Å². The van der Waals surface area contributed by atoms with E-state index in [9.17, 15) is 9.59 Å². The number of hydrazine groups is 1. The SMILES string of the molecule is CCc1cc2c(C)ccc(C)c2nc1SCC(=O)NNC(=O)c1ccco1. The van der Waals surface area contributed by atoms with E-state index >= 15 is 0 Å². The minimum atomic E-state index is -0.498. The summed E-state index contributed by atoms with van der Waals surface area (Å²) in [5.41, 5.74) is 9.08. The Hall–Kier alpha value is -2.80. The van der Waals surface area contributed by atoms with Crippen LogP contribution in [0.4, 0.5) is 0 Å². The third-order valence-corrected chi connectivity index (χ3v) is 5.26. The number of thioether (sulfide) groups is 1. The highest BCUT2D eigenvalue weighted by Crippen LogP contribution is 2.28. The minimum Gasteiger partial charge on any atom is -0.459 e. The number of nitrogens with one attached hydrogen (secondary N) is 2. The van der Waals surface area contributed by atoms with E-state index in [1.807, 2.05) is 6.92 Å². The zero-order chi connectivity index (χ0) is 19.4. The summed E-state index contributed by atoms with van der Waals surface area (Å²) >= 11 is 1.36. The summed E-state index contributed by atoms with van der Waals surface area (Å²) in [5, 5.41) is 1.98. The van der Waals surface area contributed by atoms with Crippen LogP contribution >= 0.6 is 11.8 Å². The van der Waals surface area contributed by atoms with E-state index in [4.69, 9.17) is 9.40 Å². The topological polar surface area (TPSA) is 84.2 Å². The van der Waals surface area contributed by atoms with E-state index in [2.05, 4.69) is 42.9 Å². The number of carbonyl (C=O) groups is 2. The molecule has 0 aliphatic carbocycles. The normalized spacial score (nSPS) is 10.8. The first kappa shape index (κ1) is 19.0. The summed E-state index contributed by atoms with van der Waals surface area (Å²) in [6.07, 6.45) is 2.23. The molecule has 140 valence electrons. The molecule has 2 N–H and O–H groups in total. The van der Waals surface area contributed by atoms with Crippen LogP contribution in [0.25, 0.3) is 10.9 Å². The zero-order valence-electron chi connectivity index (χ0n) is 15.5. The second kappa shape index (κ2) is 8.26. The number of aromatic nitrogens is 1. The van der Waals surface area contributed by atoms with Crippen LogP contribution in [0, 0.1) is 13.8 Å². The summed E-state index contributed by atoms with van der Waals surface area (Å²) < 4.78 is 4.97. The molecule has 0 saturated carbocycles. The molecule has 0 atom stereocenters. The van der Waals surface area contributed by atoms with Gasteiger partial charge in [-0.3, -0.25) is 20.4 Å². The summed E-state index contributed by atoms with van der Waals surface area (Å²) in [6, 6.07) is 9.44. The molecule has 0 aliphatic heterocycles. The van der Waals surface area contributed by atoms with Gasteiger partial charge in [-0.2, -0.15) is 0 Å². The third-order valence-electron chi connectivity index (χ3n) is 4.22. The Morgan fingerprint density at radius 1 is 1.15 bits per heavy atom. The molecule has 0 fully saturated rings. The van der Waals surface area contributed by atoms with Crippen molar-refractivity contribution in [3.63, 3.8) is 0 Å². The zero-order valence-corrected chi connectivity index (χ0v) is 16.3. The van der Waals surface area contributed by atoms with Gasteiger partial charge in [0.1, 0.15) is 5.03 Å². The first-order valence-corrected chi connectivity index (χ1v) is 9.63. The molecule has 1 aromatic carbocycles. The molecule has 2 aromatic heterocycles. The molecule has 27 heavy (non-hydrogen) atoms. The van der Waals surface area contributed by atoms with Gasteiger partial charge >= 0.3 is 5.91 Å². The maximum atomic E-state index is 12.1. The van der Waals surface area contributed by atoms with Gasteiger partial charge in [0.15, 0.2) is 5.76 Å². The maximum Gasteiger partial charge on any atom is 0.305 e. The predicted octanol–water partition coefficient (Wildman–Crippen LogP) is 3.56. The number of amides is 2. The lowest BCUT2D eigenvalue weighted by Gasteiger charge is -2.12. The van der Waals surface area contributed by atoms with Crippen LogP contribution in [0.5, 0.6) is 0 Å². The van der Waals surface area contributed by atoms with Gasteiger partial charge in [0, 0.05) is 5.39 Å². The Labute approximate surface area is 161 Å². The third kappa shape index (κ3) is 4.31. The van der Waals surface area contributed by atoms with E-state index < -0.39 is 5.91 Å². The number of carbonyl (C=O) groups excluding carboxylic acids is 2. The number of fused-ring (bicyclic) bond motifs is 1. The molecule has 0 spiro atoms. The Balaban J connectivity index is 1.68. The van der Waals surface area contributed by atoms with Crippen molar-refractivity contribution in [2.75, 3.05) is 5.75 Å². The minimum absolute atomic E-state index is 0.137. The van der Waals surface area contributed by atoms with Gasteiger partial charge in [-0.05, 0) is 55.2 Å². The second-order valence-corrected chi connectivity index (χ2v) is 7.13. The molecule has 0 saturated heterocycles. The van der Waals surface area contributed by atoms with E-state index in [1.54, 1.807) is 6.07 Å². The van der Waals surface area contributed by atoms with Crippen molar-refractivity contribution in [3.05, 3.63) is 59.0 Å². The van der Waals surface area contributed by atoms with Crippen molar-refractivity contribution in [1.29, 1.82) is 0 Å². The fourth-order valence-corrected chi connectivity index (χ4v) is 3.59. The van der Waals surface area contributed by atoms with Crippen molar-refractivity contribution < 1.29 is 14.0 Å². The number of hydrogen-bond donors (Lipinski definition) is 2. The molecule has 0 aliphatic rings. The highest BCUT2D eigenvalue weighted by Gasteiger charge is 2.13. The second-order valence-electron chi connectivity index (χ2n) is 6.17. The molecule has 3 rings (SSSR count). The standard InChI is InChI=1S/C20H21N3O3S/c1-4-14-10-15-12(2)7-8-13(3)18(15)21-20(14)27-11-17(24)22-23-19(25)16-6-5-9-26-16/h5-10H,4,11H2,1-3H3,(H,22,24)(H,23,25). The molecule has 0 radical (unpaired) electrons. The van der Waals surface area contributed by atoms with Crippen LogP contribution in [-0.4, -0.2) is 22.6 Å². The van der Waals surface area contributed by atoms with E-state index in [0.29, 0.717) is 0 Å². The molecule has 2 amide bonds. The van der Waals surface area contributed by atoms with Crippen LogP contribution in [0.3, 0.4) is 0 Å². The molecule has 6 nitrogen and oxygen atoms in total. The Morgan fingerprint density at radius 2 is 1.93 bits per heavy atom. The molecular weight excluding hydrogens is 362 g/mol. The molecule has 2 heterocycles. The molecule has 0 unspecified atom stereocenters. The number of furan rings is 1. The maximum absolute atomic E-state index is 12.1. The molecule has 7 heteroatoms. The van der Waals surface area contributed by atoms with Crippen molar-refractivity contribution in [3.8, 4) is 0 Å². The van der Waals surface area contributed by atoms with Gasteiger partial charge in [0.2, 0.25) is 5.91 Å². The largest absolute Gasteiger partial charge is 0.459 e. The summed E-state index contributed by atoms with van der Waals surface area (Å²) in [5.74, 6) is -0.528. The van der Waals surface area contributed by atoms with Crippen LogP contribution in [-0.2, 0) is 11.2 Å². The number of benzene rings is 1. The Bertz CT molecular complexity index is 984. The lowest BCUT2D eigenvalue weighted by atomic mass is 10.0. The fourth-order valence-electron chi connectivity index (χ4n) is 2.70. The number of pyridine rings is 1. The van der Waals surface area contributed by atoms with E-state index in [1.165, 1.54) is 29.7 Å². The smallest absolute Gasteiger partial charge is 0.305 e. The number of hydrogen-bond acceptors (Lipinski definition) is 5.